The van der Waals surface area contributed by atoms with Crippen molar-refractivity contribution in [1.82, 2.24) is 10.0 Å². The van der Waals surface area contributed by atoms with Gasteiger partial charge in [0.15, 0.2) is 6.61 Å². The predicted molar refractivity (Wildman–Crippen MR) is 103 cm³/mol. The van der Waals surface area contributed by atoms with E-state index in [1.54, 1.807) is 12.1 Å². The van der Waals surface area contributed by atoms with Gasteiger partial charge in [0.05, 0.1) is 12.0 Å². The number of nitrogens with one attached hydrogen (secondary N) is 2. The maximum atomic E-state index is 12.2. The first-order chi connectivity index (χ1) is 13.0. The molecule has 2 rings (SSSR count). The van der Waals surface area contributed by atoms with Gasteiger partial charge in [-0.05, 0) is 42.3 Å². The number of ether oxygens (including phenoxy) is 2. The molecule has 0 bridgehead atoms. The summed E-state index contributed by atoms with van der Waals surface area (Å²) < 4.78 is 37.3. The molecule has 0 radical (unpaired) electrons. The summed E-state index contributed by atoms with van der Waals surface area (Å²) in [5.41, 5.74) is 1.03. The van der Waals surface area contributed by atoms with Crippen LogP contribution >= 0.6 is 0 Å². The summed E-state index contributed by atoms with van der Waals surface area (Å²) in [7, 11) is -2.13. The number of carbonyl (C=O) groups excluding carboxylic acids is 1. The van der Waals surface area contributed by atoms with E-state index < -0.39 is 10.0 Å². The lowest BCUT2D eigenvalue weighted by Gasteiger charge is -2.11. The highest BCUT2D eigenvalue weighted by Crippen LogP contribution is 2.18. The molecule has 0 aliphatic carbocycles. The SMILES string of the molecule is CCc1ccccc1OCC(=O)NCCNS(=O)(=O)c1ccc(OC)cc1. The lowest BCUT2D eigenvalue weighted by Crippen LogP contribution is -2.36. The highest BCUT2D eigenvalue weighted by molar-refractivity contribution is 7.89. The zero-order valence-electron chi connectivity index (χ0n) is 15.4. The van der Waals surface area contributed by atoms with Crippen LogP contribution in [0.25, 0.3) is 0 Å². The molecule has 2 N–H and O–H groups in total. The summed E-state index contributed by atoms with van der Waals surface area (Å²) in [4.78, 5) is 12.0. The molecular formula is C19H24N2O5S. The Morgan fingerprint density at radius 1 is 1.04 bits per heavy atom. The summed E-state index contributed by atoms with van der Waals surface area (Å²) in [5.74, 6) is 0.936. The molecule has 7 nitrogen and oxygen atoms in total. The van der Waals surface area contributed by atoms with Crippen LogP contribution in [0.4, 0.5) is 0 Å². The molecule has 0 aliphatic rings. The van der Waals surface area contributed by atoms with Gasteiger partial charge in [-0.25, -0.2) is 13.1 Å². The summed E-state index contributed by atoms with van der Waals surface area (Å²) in [6, 6.07) is 13.6. The number of methoxy groups -OCH3 is 1. The molecule has 0 spiro atoms. The molecule has 8 heteroatoms. The summed E-state index contributed by atoms with van der Waals surface area (Å²) in [6.45, 7) is 2.12. The Balaban J connectivity index is 1.74. The monoisotopic (exact) mass is 392 g/mol. The summed E-state index contributed by atoms with van der Waals surface area (Å²) >= 11 is 0. The van der Waals surface area contributed by atoms with Crippen LogP contribution < -0.4 is 19.5 Å². The van der Waals surface area contributed by atoms with E-state index in [1.165, 1.54) is 19.2 Å². The standard InChI is InChI=1S/C19H24N2O5S/c1-3-15-6-4-5-7-18(15)26-14-19(22)20-12-13-21-27(23,24)17-10-8-16(25-2)9-11-17/h4-11,21H,3,12-14H2,1-2H3,(H,20,22). The van der Waals surface area contributed by atoms with Gasteiger partial charge in [-0.1, -0.05) is 25.1 Å². The molecule has 2 aromatic rings. The van der Waals surface area contributed by atoms with Gasteiger partial charge in [0.1, 0.15) is 11.5 Å². The normalized spacial score (nSPS) is 11.0. The summed E-state index contributed by atoms with van der Waals surface area (Å²) in [6.07, 6.45) is 0.810. The van der Waals surface area contributed by atoms with E-state index in [0.717, 1.165) is 12.0 Å². The zero-order valence-corrected chi connectivity index (χ0v) is 16.2. The average Bonchev–Trinajstić information content (AvgIpc) is 2.70. The number of rotatable bonds is 10. The summed E-state index contributed by atoms with van der Waals surface area (Å²) in [5, 5.41) is 2.62. The topological polar surface area (TPSA) is 93.7 Å². The van der Waals surface area contributed by atoms with Crippen molar-refractivity contribution in [3.05, 3.63) is 54.1 Å². The van der Waals surface area contributed by atoms with E-state index in [-0.39, 0.29) is 30.5 Å². The third-order valence-electron chi connectivity index (χ3n) is 3.82. The number of amides is 1. The minimum absolute atomic E-state index is 0.0750. The number of para-hydroxylation sites is 1. The Kier molecular flexibility index (Phi) is 7.63. The number of hydrogen-bond acceptors (Lipinski definition) is 5. The van der Waals surface area contributed by atoms with Gasteiger partial charge in [0.25, 0.3) is 5.91 Å². The number of aryl methyl sites for hydroxylation is 1. The minimum atomic E-state index is -3.64. The third kappa shape index (κ3) is 6.26. The minimum Gasteiger partial charge on any atom is -0.497 e. The van der Waals surface area contributed by atoms with Crippen LogP contribution in [0.2, 0.25) is 0 Å². The van der Waals surface area contributed by atoms with Crippen LogP contribution in [0.5, 0.6) is 11.5 Å². The molecular weight excluding hydrogens is 368 g/mol. The maximum Gasteiger partial charge on any atom is 0.257 e. The molecule has 0 atom stereocenters. The van der Waals surface area contributed by atoms with Crippen molar-refractivity contribution in [3.63, 3.8) is 0 Å². The van der Waals surface area contributed by atoms with E-state index in [9.17, 15) is 13.2 Å². The highest BCUT2D eigenvalue weighted by Gasteiger charge is 2.13. The number of benzene rings is 2. The van der Waals surface area contributed by atoms with E-state index >= 15 is 0 Å². The highest BCUT2D eigenvalue weighted by atomic mass is 32.2. The molecule has 0 heterocycles. The molecule has 0 fully saturated rings. The van der Waals surface area contributed by atoms with Gasteiger partial charge >= 0.3 is 0 Å². The predicted octanol–water partition coefficient (Wildman–Crippen LogP) is 1.73. The fourth-order valence-corrected chi connectivity index (χ4v) is 3.39. The quantitative estimate of drug-likeness (QED) is 0.601. The average molecular weight is 392 g/mol. The van der Waals surface area contributed by atoms with Gasteiger partial charge in [0.2, 0.25) is 10.0 Å². The zero-order chi connectivity index (χ0) is 19.7. The Morgan fingerprint density at radius 2 is 1.74 bits per heavy atom. The lowest BCUT2D eigenvalue weighted by molar-refractivity contribution is -0.123. The van der Waals surface area contributed by atoms with E-state index in [2.05, 4.69) is 10.0 Å². The first-order valence-corrected chi connectivity index (χ1v) is 10.1. The maximum absolute atomic E-state index is 12.2. The van der Waals surface area contributed by atoms with Crippen molar-refractivity contribution in [3.8, 4) is 11.5 Å². The van der Waals surface area contributed by atoms with E-state index in [1.807, 2.05) is 31.2 Å². The fraction of sp³-hybridized carbons (Fsp3) is 0.316. The van der Waals surface area contributed by atoms with Crippen molar-refractivity contribution in [2.75, 3.05) is 26.8 Å². The molecule has 0 saturated heterocycles. The van der Waals surface area contributed by atoms with Crippen molar-refractivity contribution >= 4 is 15.9 Å². The molecule has 0 aliphatic heterocycles. The molecule has 146 valence electrons. The molecule has 0 unspecified atom stereocenters. The van der Waals surface area contributed by atoms with Crippen LogP contribution in [0.3, 0.4) is 0 Å². The smallest absolute Gasteiger partial charge is 0.257 e. The van der Waals surface area contributed by atoms with Gasteiger partial charge in [-0.3, -0.25) is 4.79 Å². The Bertz CT molecular complexity index is 851. The molecule has 2 aromatic carbocycles. The van der Waals surface area contributed by atoms with Crippen molar-refractivity contribution < 1.29 is 22.7 Å². The molecule has 0 aromatic heterocycles. The van der Waals surface area contributed by atoms with Crippen LogP contribution in [-0.2, 0) is 21.2 Å². The van der Waals surface area contributed by atoms with Crippen LogP contribution in [0, 0.1) is 0 Å². The van der Waals surface area contributed by atoms with Crippen molar-refractivity contribution in [2.24, 2.45) is 0 Å². The van der Waals surface area contributed by atoms with Crippen LogP contribution in [-0.4, -0.2) is 41.1 Å². The third-order valence-corrected chi connectivity index (χ3v) is 5.30. The Labute approximate surface area is 159 Å². The first-order valence-electron chi connectivity index (χ1n) is 8.57. The van der Waals surface area contributed by atoms with Gasteiger partial charge < -0.3 is 14.8 Å². The van der Waals surface area contributed by atoms with Gasteiger partial charge in [-0.15, -0.1) is 0 Å². The fourth-order valence-electron chi connectivity index (χ4n) is 2.36. The lowest BCUT2D eigenvalue weighted by atomic mass is 10.1. The second kappa shape index (κ2) is 9.94. The Hall–Kier alpha value is -2.58. The van der Waals surface area contributed by atoms with Crippen molar-refractivity contribution in [2.45, 2.75) is 18.2 Å². The number of carbonyl (C=O) groups is 1. The second-order valence-electron chi connectivity index (χ2n) is 5.67. The molecule has 1 amide bonds. The van der Waals surface area contributed by atoms with Gasteiger partial charge in [0, 0.05) is 13.1 Å². The van der Waals surface area contributed by atoms with Crippen LogP contribution in [0.15, 0.2) is 53.4 Å². The largest absolute Gasteiger partial charge is 0.497 e. The molecule has 27 heavy (non-hydrogen) atoms. The first kappa shape index (κ1) is 20.7. The number of sulfonamides is 1. The molecule has 0 saturated carbocycles. The Morgan fingerprint density at radius 3 is 2.41 bits per heavy atom. The van der Waals surface area contributed by atoms with Gasteiger partial charge in [-0.2, -0.15) is 0 Å². The van der Waals surface area contributed by atoms with E-state index in [0.29, 0.717) is 11.5 Å². The second-order valence-corrected chi connectivity index (χ2v) is 7.44. The van der Waals surface area contributed by atoms with E-state index in [4.69, 9.17) is 9.47 Å². The van der Waals surface area contributed by atoms with Crippen LogP contribution in [0.1, 0.15) is 12.5 Å². The number of hydrogen-bond donors (Lipinski definition) is 2. The van der Waals surface area contributed by atoms with Crippen molar-refractivity contribution in [1.29, 1.82) is 0 Å².